The quantitative estimate of drug-likeness (QED) is 0.707. The number of aliphatic hydroxyl groups excluding tert-OH is 1. The highest BCUT2D eigenvalue weighted by molar-refractivity contribution is 5.80. The lowest BCUT2D eigenvalue weighted by Crippen LogP contribution is -2.70. The van der Waals surface area contributed by atoms with Crippen LogP contribution >= 0.6 is 0 Å². The van der Waals surface area contributed by atoms with Crippen molar-refractivity contribution < 1.29 is 5.11 Å². The number of aromatic nitrogens is 4. The molecule has 3 heterocycles. The summed E-state index contributed by atoms with van der Waals surface area (Å²) in [5, 5.41) is 32.1. The van der Waals surface area contributed by atoms with Crippen molar-refractivity contribution in [3.05, 3.63) is 54.2 Å². The molecular weight excluding hydrogens is 378 g/mol. The predicted molar refractivity (Wildman–Crippen MR) is 109 cm³/mol. The molecule has 3 aromatic rings. The third-order valence-electron chi connectivity index (χ3n) is 7.02. The van der Waals surface area contributed by atoms with E-state index in [0.717, 1.165) is 48.8 Å². The molecule has 1 N–H and O–H groups in total. The molecule has 0 saturated heterocycles. The fraction of sp³-hybridized carbons (Fsp3) is 0.409. The number of nitriles is 1. The fourth-order valence-electron chi connectivity index (χ4n) is 5.81. The van der Waals surface area contributed by atoms with E-state index in [1.165, 1.54) is 0 Å². The Kier molecular flexibility index (Phi) is 3.56. The van der Waals surface area contributed by atoms with E-state index in [0.29, 0.717) is 5.56 Å². The molecule has 2 atom stereocenters. The average molecular weight is 399 g/mol. The molecule has 3 saturated carbocycles. The van der Waals surface area contributed by atoms with Crippen LogP contribution in [-0.2, 0) is 6.54 Å². The first-order chi connectivity index (χ1) is 14.6. The van der Waals surface area contributed by atoms with Crippen molar-refractivity contribution in [2.45, 2.75) is 44.5 Å². The van der Waals surface area contributed by atoms with E-state index in [1.807, 2.05) is 40.3 Å². The Hall–Kier alpha value is -3.31. The van der Waals surface area contributed by atoms with Gasteiger partial charge in [-0.2, -0.15) is 15.5 Å². The number of fused-ring (bicyclic) bond motifs is 1. The Morgan fingerprint density at radius 3 is 2.87 bits per heavy atom. The SMILES string of the molecule is N#Cc1ccc2c(cnn2CC23CC(C(O)N4N=CCC4c4cnccn4)(C2)C3)c1. The Morgan fingerprint density at radius 1 is 1.23 bits per heavy atom. The molecule has 8 nitrogen and oxygen atoms in total. The molecule has 8 heteroatoms. The fourth-order valence-corrected chi connectivity index (χ4v) is 5.81. The first-order valence-electron chi connectivity index (χ1n) is 10.2. The van der Waals surface area contributed by atoms with E-state index < -0.39 is 6.23 Å². The zero-order valence-electron chi connectivity index (χ0n) is 16.4. The van der Waals surface area contributed by atoms with Crippen LogP contribution in [0.1, 0.15) is 43.0 Å². The third kappa shape index (κ3) is 2.42. The minimum absolute atomic E-state index is 0.0527. The van der Waals surface area contributed by atoms with Crippen LogP contribution < -0.4 is 0 Å². The van der Waals surface area contributed by atoms with Crippen LogP contribution in [0.5, 0.6) is 0 Å². The third-order valence-corrected chi connectivity index (χ3v) is 7.02. The van der Waals surface area contributed by atoms with E-state index in [-0.39, 0.29) is 16.9 Å². The Morgan fingerprint density at radius 2 is 2.10 bits per heavy atom. The largest absolute Gasteiger partial charge is 0.371 e. The molecule has 2 aromatic heterocycles. The second-order valence-electron chi connectivity index (χ2n) is 9.01. The second kappa shape index (κ2) is 6.09. The summed E-state index contributed by atoms with van der Waals surface area (Å²) in [5.74, 6) is 0. The molecule has 0 amide bonds. The first-order valence-corrected chi connectivity index (χ1v) is 10.2. The number of aliphatic hydroxyl groups is 1. The van der Waals surface area contributed by atoms with E-state index in [2.05, 4.69) is 26.2 Å². The lowest BCUT2D eigenvalue weighted by Gasteiger charge is -2.72. The average Bonchev–Trinajstić information content (AvgIpc) is 3.36. The Labute approximate surface area is 173 Å². The van der Waals surface area contributed by atoms with Crippen LogP contribution in [0, 0.1) is 22.2 Å². The maximum atomic E-state index is 11.2. The number of hydrogen-bond acceptors (Lipinski definition) is 7. The summed E-state index contributed by atoms with van der Waals surface area (Å²) < 4.78 is 2.04. The van der Waals surface area contributed by atoms with Gasteiger partial charge in [-0.05, 0) is 42.9 Å². The minimum Gasteiger partial charge on any atom is -0.371 e. The number of hydrogen-bond donors (Lipinski definition) is 1. The highest BCUT2D eigenvalue weighted by atomic mass is 16.3. The van der Waals surface area contributed by atoms with Crippen molar-refractivity contribution in [3.63, 3.8) is 0 Å². The molecule has 150 valence electrons. The lowest BCUT2D eigenvalue weighted by atomic mass is 9.34. The Bertz CT molecular complexity index is 1180. The molecule has 2 unspecified atom stereocenters. The van der Waals surface area contributed by atoms with E-state index >= 15 is 0 Å². The van der Waals surface area contributed by atoms with Gasteiger partial charge in [0, 0.05) is 42.4 Å². The van der Waals surface area contributed by atoms with Gasteiger partial charge in [0.25, 0.3) is 0 Å². The van der Waals surface area contributed by atoms with Crippen LogP contribution in [-0.4, -0.2) is 42.3 Å². The first kappa shape index (κ1) is 17.5. The number of nitrogens with zero attached hydrogens (tertiary/aromatic N) is 7. The standard InChI is InChI=1S/C22H21N7O/c23-8-15-1-2-18-16(7-15)9-27-28(18)14-21-11-22(12-21,13-21)20(30)29-19(3-4-26-29)17-10-24-5-6-25-17/h1-2,4-7,9-10,19-20,30H,3,11-14H2. The summed E-state index contributed by atoms with van der Waals surface area (Å²) >= 11 is 0. The van der Waals surface area contributed by atoms with Gasteiger partial charge in [-0.1, -0.05) is 0 Å². The van der Waals surface area contributed by atoms with Crippen molar-refractivity contribution in [2.75, 3.05) is 0 Å². The van der Waals surface area contributed by atoms with Gasteiger partial charge in [-0.3, -0.25) is 19.7 Å². The van der Waals surface area contributed by atoms with Crippen LogP contribution in [0.4, 0.5) is 0 Å². The molecule has 30 heavy (non-hydrogen) atoms. The topological polar surface area (TPSA) is 103 Å². The highest BCUT2D eigenvalue weighted by Gasteiger charge is 2.72. The van der Waals surface area contributed by atoms with Gasteiger partial charge in [0.2, 0.25) is 0 Å². The minimum atomic E-state index is -0.613. The molecule has 1 aliphatic heterocycles. The van der Waals surface area contributed by atoms with Gasteiger partial charge >= 0.3 is 0 Å². The zero-order valence-corrected chi connectivity index (χ0v) is 16.4. The van der Waals surface area contributed by atoms with Gasteiger partial charge < -0.3 is 5.11 Å². The van der Waals surface area contributed by atoms with Crippen molar-refractivity contribution in [1.29, 1.82) is 5.26 Å². The maximum absolute atomic E-state index is 11.2. The molecule has 3 fully saturated rings. The summed E-state index contributed by atoms with van der Waals surface area (Å²) in [6.07, 6.45) is 11.8. The van der Waals surface area contributed by atoms with Crippen LogP contribution in [0.3, 0.4) is 0 Å². The van der Waals surface area contributed by atoms with Gasteiger partial charge in [-0.25, -0.2) is 0 Å². The lowest BCUT2D eigenvalue weighted by molar-refractivity contribution is -0.297. The number of rotatable bonds is 5. The normalized spacial score (nSPS) is 30.0. The number of hydrazone groups is 1. The van der Waals surface area contributed by atoms with Crippen molar-refractivity contribution >= 4 is 17.1 Å². The van der Waals surface area contributed by atoms with E-state index in [9.17, 15) is 5.11 Å². The van der Waals surface area contributed by atoms with Crippen LogP contribution in [0.2, 0.25) is 0 Å². The zero-order chi connectivity index (χ0) is 20.3. The summed E-state index contributed by atoms with van der Waals surface area (Å²) in [5.41, 5.74) is 2.65. The smallest absolute Gasteiger partial charge is 0.148 e. The van der Waals surface area contributed by atoms with Crippen molar-refractivity contribution in [3.8, 4) is 6.07 Å². The van der Waals surface area contributed by atoms with Crippen LogP contribution in [0.25, 0.3) is 10.9 Å². The van der Waals surface area contributed by atoms with E-state index in [4.69, 9.17) is 5.26 Å². The molecule has 7 rings (SSSR count). The maximum Gasteiger partial charge on any atom is 0.148 e. The summed E-state index contributed by atoms with van der Waals surface area (Å²) in [4.78, 5) is 8.57. The van der Waals surface area contributed by atoms with Gasteiger partial charge in [0.1, 0.15) is 6.23 Å². The second-order valence-corrected chi connectivity index (χ2v) is 9.01. The van der Waals surface area contributed by atoms with E-state index in [1.54, 1.807) is 18.6 Å². The summed E-state index contributed by atoms with van der Waals surface area (Å²) in [7, 11) is 0. The molecule has 1 aromatic carbocycles. The summed E-state index contributed by atoms with van der Waals surface area (Å²) in [6.45, 7) is 0.841. The number of benzene rings is 1. The molecule has 0 radical (unpaired) electrons. The van der Waals surface area contributed by atoms with Crippen molar-refractivity contribution in [2.24, 2.45) is 15.9 Å². The molecule has 4 aliphatic rings. The summed E-state index contributed by atoms with van der Waals surface area (Å²) in [6, 6.07) is 7.82. The molecular formula is C22H21N7O. The molecule has 0 spiro atoms. The monoisotopic (exact) mass is 399 g/mol. The highest BCUT2D eigenvalue weighted by Crippen LogP contribution is 2.75. The van der Waals surface area contributed by atoms with Gasteiger partial charge in [0.05, 0.1) is 41.3 Å². The predicted octanol–water partition coefficient (Wildman–Crippen LogP) is 2.62. The van der Waals surface area contributed by atoms with Crippen LogP contribution in [0.15, 0.2) is 48.1 Å². The Balaban J connectivity index is 1.16. The van der Waals surface area contributed by atoms with Gasteiger partial charge in [-0.15, -0.1) is 0 Å². The molecule has 2 bridgehead atoms. The van der Waals surface area contributed by atoms with Gasteiger partial charge in [0.15, 0.2) is 0 Å². The van der Waals surface area contributed by atoms with Crippen molar-refractivity contribution in [1.82, 2.24) is 24.8 Å². The molecule has 3 aliphatic carbocycles.